The van der Waals surface area contributed by atoms with Crippen LogP contribution in [0.15, 0.2) is 60.7 Å². The molecule has 2 amide bonds. The van der Waals surface area contributed by atoms with Crippen molar-refractivity contribution in [1.82, 2.24) is 4.90 Å². The second-order valence-corrected chi connectivity index (χ2v) is 8.62. The molecule has 3 aromatic rings. The zero-order valence-corrected chi connectivity index (χ0v) is 18.4. The van der Waals surface area contributed by atoms with Crippen LogP contribution in [0.25, 0.3) is 10.8 Å². The molecule has 0 N–H and O–H groups in total. The molecule has 0 unspecified atom stereocenters. The largest absolute Gasteiger partial charge is 0.496 e. The number of likely N-dealkylation sites (tertiary alicyclic amines) is 1. The number of nitrogens with zero attached hydrogens (tertiary/aromatic N) is 2. The first-order valence-corrected chi connectivity index (χ1v) is 11.1. The summed E-state index contributed by atoms with van der Waals surface area (Å²) in [5.74, 6) is 0.344. The first-order valence-electron chi connectivity index (χ1n) is 11.1. The Hall–Kier alpha value is -3.61. The van der Waals surface area contributed by atoms with Crippen molar-refractivity contribution >= 4 is 28.5 Å². The molecule has 3 aromatic carbocycles. The van der Waals surface area contributed by atoms with E-state index in [9.17, 15) is 14.0 Å². The van der Waals surface area contributed by atoms with Crippen LogP contribution in [-0.2, 0) is 4.74 Å². The molecular weight excluding hydrogens is 423 g/mol. The van der Waals surface area contributed by atoms with Crippen LogP contribution < -0.4 is 9.64 Å². The molecule has 2 heterocycles. The van der Waals surface area contributed by atoms with Crippen LogP contribution in [-0.4, -0.2) is 49.2 Å². The monoisotopic (exact) mass is 448 g/mol. The summed E-state index contributed by atoms with van der Waals surface area (Å²) in [6.45, 7) is 1.48. The van der Waals surface area contributed by atoms with Crippen LogP contribution in [0.5, 0.6) is 5.75 Å². The predicted molar refractivity (Wildman–Crippen MR) is 123 cm³/mol. The van der Waals surface area contributed by atoms with Crippen molar-refractivity contribution in [2.24, 2.45) is 0 Å². The minimum Gasteiger partial charge on any atom is -0.496 e. The highest BCUT2D eigenvalue weighted by molar-refractivity contribution is 6.08. The minimum absolute atomic E-state index is 0.0365. The molecule has 33 heavy (non-hydrogen) atoms. The average Bonchev–Trinajstić information content (AvgIpc) is 3.02. The van der Waals surface area contributed by atoms with Gasteiger partial charge in [-0.1, -0.05) is 24.3 Å². The summed E-state index contributed by atoms with van der Waals surface area (Å²) >= 11 is 0. The second kappa shape index (κ2) is 8.39. The number of hydrogen-bond donors (Lipinski definition) is 0. The fourth-order valence-corrected chi connectivity index (χ4v) is 4.88. The summed E-state index contributed by atoms with van der Waals surface area (Å²) in [5, 5.41) is 1.76. The highest BCUT2D eigenvalue weighted by atomic mass is 19.1. The number of fused-ring (bicyclic) bond motifs is 1. The van der Waals surface area contributed by atoms with Crippen molar-refractivity contribution in [1.29, 1.82) is 0 Å². The van der Waals surface area contributed by atoms with Gasteiger partial charge in [0.25, 0.3) is 5.91 Å². The SMILES string of the molecule is COc1ccc(C(=O)N2CCC[C@@]3(CC2)CN(c2ccc(F)cc2)C(=O)O3)c2ccccc12. The van der Waals surface area contributed by atoms with Gasteiger partial charge in [0.2, 0.25) is 0 Å². The highest BCUT2D eigenvalue weighted by Crippen LogP contribution is 2.36. The van der Waals surface area contributed by atoms with Gasteiger partial charge in [-0.15, -0.1) is 0 Å². The van der Waals surface area contributed by atoms with E-state index in [1.165, 1.54) is 12.1 Å². The molecule has 0 aromatic heterocycles. The van der Waals surface area contributed by atoms with Crippen LogP contribution in [0.1, 0.15) is 29.6 Å². The lowest BCUT2D eigenvalue weighted by Gasteiger charge is -2.26. The van der Waals surface area contributed by atoms with Gasteiger partial charge >= 0.3 is 6.09 Å². The maximum atomic E-state index is 13.5. The zero-order valence-electron chi connectivity index (χ0n) is 18.4. The summed E-state index contributed by atoms with van der Waals surface area (Å²) in [4.78, 5) is 29.5. The molecule has 1 spiro atoms. The zero-order chi connectivity index (χ0) is 23.0. The highest BCUT2D eigenvalue weighted by Gasteiger charge is 2.46. The molecule has 0 aliphatic carbocycles. The Bertz CT molecular complexity index is 1210. The number of benzene rings is 3. The first kappa shape index (κ1) is 21.2. The van der Waals surface area contributed by atoms with Gasteiger partial charge in [-0.2, -0.15) is 0 Å². The summed E-state index contributed by atoms with van der Waals surface area (Å²) < 4.78 is 24.6. The van der Waals surface area contributed by atoms with Crippen molar-refractivity contribution in [3.8, 4) is 5.75 Å². The summed E-state index contributed by atoms with van der Waals surface area (Å²) in [6.07, 6.45) is 1.52. The molecule has 6 nitrogen and oxygen atoms in total. The third kappa shape index (κ3) is 3.88. The normalized spacial score (nSPS) is 20.7. The van der Waals surface area contributed by atoms with Crippen LogP contribution in [0.4, 0.5) is 14.9 Å². The molecule has 0 radical (unpaired) electrons. The fraction of sp³-hybridized carbons (Fsp3) is 0.308. The van der Waals surface area contributed by atoms with Gasteiger partial charge in [-0.05, 0) is 54.6 Å². The number of carbonyl (C=O) groups excluding carboxylic acids is 2. The molecular formula is C26H25FN2O4. The van der Waals surface area contributed by atoms with E-state index in [0.29, 0.717) is 43.7 Å². The standard InChI is InChI=1S/C26H25FN2O4/c1-32-23-12-11-22(20-5-2-3-6-21(20)23)24(30)28-15-4-13-26(14-16-28)17-29(25(31)33-26)19-9-7-18(27)8-10-19/h2-3,5-12H,4,13-17H2,1H3/t26-/m1/s1. The summed E-state index contributed by atoms with van der Waals surface area (Å²) in [6, 6.07) is 17.2. The molecule has 2 saturated heterocycles. The van der Waals surface area contributed by atoms with Gasteiger partial charge in [0.1, 0.15) is 17.2 Å². The van der Waals surface area contributed by atoms with E-state index in [1.807, 2.05) is 41.3 Å². The number of carbonyl (C=O) groups is 2. The molecule has 0 bridgehead atoms. The molecule has 2 fully saturated rings. The van der Waals surface area contributed by atoms with E-state index in [2.05, 4.69) is 0 Å². The fourth-order valence-electron chi connectivity index (χ4n) is 4.88. The molecule has 7 heteroatoms. The number of ether oxygens (including phenoxy) is 2. The van der Waals surface area contributed by atoms with E-state index in [-0.39, 0.29) is 11.7 Å². The number of halogens is 1. The Labute approximate surface area is 191 Å². The van der Waals surface area contributed by atoms with Gasteiger partial charge in [-0.25, -0.2) is 9.18 Å². The van der Waals surface area contributed by atoms with Gasteiger partial charge in [-0.3, -0.25) is 9.69 Å². The van der Waals surface area contributed by atoms with E-state index in [4.69, 9.17) is 9.47 Å². The Morgan fingerprint density at radius 3 is 2.52 bits per heavy atom. The maximum Gasteiger partial charge on any atom is 0.415 e. The quantitative estimate of drug-likeness (QED) is 0.565. The van der Waals surface area contributed by atoms with Crippen molar-refractivity contribution < 1.29 is 23.5 Å². The minimum atomic E-state index is -0.650. The lowest BCUT2D eigenvalue weighted by atomic mass is 9.95. The number of amides is 2. The molecule has 2 aliphatic heterocycles. The third-order valence-corrected chi connectivity index (χ3v) is 6.63. The molecule has 5 rings (SSSR count). The first-order chi connectivity index (χ1) is 16.0. The van der Waals surface area contributed by atoms with E-state index in [0.717, 1.165) is 22.9 Å². The van der Waals surface area contributed by atoms with Gasteiger partial charge in [0.05, 0.1) is 13.7 Å². The number of hydrogen-bond acceptors (Lipinski definition) is 4. The average molecular weight is 448 g/mol. The molecule has 0 saturated carbocycles. The number of anilines is 1. The summed E-state index contributed by atoms with van der Waals surface area (Å²) in [5.41, 5.74) is 0.599. The topological polar surface area (TPSA) is 59.1 Å². The van der Waals surface area contributed by atoms with Crippen LogP contribution in [0.2, 0.25) is 0 Å². The third-order valence-electron chi connectivity index (χ3n) is 6.63. The van der Waals surface area contributed by atoms with Crippen LogP contribution in [0, 0.1) is 5.82 Å². The van der Waals surface area contributed by atoms with E-state index in [1.54, 1.807) is 24.1 Å². The predicted octanol–water partition coefficient (Wildman–Crippen LogP) is 5.01. The molecule has 1 atom stereocenters. The van der Waals surface area contributed by atoms with E-state index < -0.39 is 11.7 Å². The molecule has 170 valence electrons. The Balaban J connectivity index is 1.35. The lowest BCUT2D eigenvalue weighted by molar-refractivity contribution is 0.0439. The summed E-state index contributed by atoms with van der Waals surface area (Å²) in [7, 11) is 1.62. The Morgan fingerprint density at radius 2 is 1.76 bits per heavy atom. The van der Waals surface area contributed by atoms with Gasteiger partial charge in [0.15, 0.2) is 0 Å². The number of methoxy groups -OCH3 is 1. The van der Waals surface area contributed by atoms with Crippen LogP contribution >= 0.6 is 0 Å². The maximum absolute atomic E-state index is 13.5. The molecule has 2 aliphatic rings. The van der Waals surface area contributed by atoms with Gasteiger partial charge in [0, 0.05) is 36.1 Å². The second-order valence-electron chi connectivity index (χ2n) is 8.62. The Kier molecular flexibility index (Phi) is 5.40. The van der Waals surface area contributed by atoms with Gasteiger partial charge < -0.3 is 14.4 Å². The van der Waals surface area contributed by atoms with E-state index >= 15 is 0 Å². The van der Waals surface area contributed by atoms with Crippen molar-refractivity contribution in [2.75, 3.05) is 31.6 Å². The van der Waals surface area contributed by atoms with Crippen molar-refractivity contribution in [2.45, 2.75) is 24.9 Å². The number of rotatable bonds is 3. The van der Waals surface area contributed by atoms with Crippen LogP contribution in [0.3, 0.4) is 0 Å². The van der Waals surface area contributed by atoms with Crippen molar-refractivity contribution in [3.63, 3.8) is 0 Å². The lowest BCUT2D eigenvalue weighted by Crippen LogP contribution is -2.37. The van der Waals surface area contributed by atoms with Crippen molar-refractivity contribution in [3.05, 3.63) is 72.0 Å². The smallest absolute Gasteiger partial charge is 0.415 e. The Morgan fingerprint density at radius 1 is 1.00 bits per heavy atom.